The fourth-order valence-corrected chi connectivity index (χ4v) is 2.29. The lowest BCUT2D eigenvalue weighted by molar-refractivity contribution is -0.143. The Bertz CT molecular complexity index is 404. The Balaban J connectivity index is 2.32. The lowest BCUT2D eigenvalue weighted by atomic mass is 10.00. The first-order valence-corrected chi connectivity index (χ1v) is 6.97. The summed E-state index contributed by atoms with van der Waals surface area (Å²) >= 11 is 0. The van der Waals surface area contributed by atoms with Crippen LogP contribution in [0.15, 0.2) is 12.1 Å². The van der Waals surface area contributed by atoms with E-state index in [-0.39, 0.29) is 5.97 Å². The Morgan fingerprint density at radius 1 is 1.21 bits per heavy atom. The molecule has 0 atom stereocenters. The van der Waals surface area contributed by atoms with E-state index in [0.29, 0.717) is 13.0 Å². The summed E-state index contributed by atoms with van der Waals surface area (Å²) in [4.78, 5) is 11.2. The number of carbonyl (C=O) groups is 1. The second-order valence-corrected chi connectivity index (χ2v) is 4.96. The van der Waals surface area contributed by atoms with Crippen LogP contribution in [0.25, 0.3) is 0 Å². The van der Waals surface area contributed by atoms with Crippen LogP contribution in [0, 0.1) is 20.8 Å². The van der Waals surface area contributed by atoms with Gasteiger partial charge in [-0.25, -0.2) is 0 Å². The summed E-state index contributed by atoms with van der Waals surface area (Å²) in [5, 5.41) is 3.39. The molecule has 0 spiro atoms. The predicted molar refractivity (Wildman–Crippen MR) is 78.2 cm³/mol. The normalized spacial score (nSPS) is 10.5. The summed E-state index contributed by atoms with van der Waals surface area (Å²) in [6.07, 6.45) is 1.31. The van der Waals surface area contributed by atoms with E-state index < -0.39 is 0 Å². The maximum Gasteiger partial charge on any atom is 0.305 e. The number of benzene rings is 1. The molecule has 106 valence electrons. The molecule has 3 nitrogen and oxygen atoms in total. The summed E-state index contributed by atoms with van der Waals surface area (Å²) in [6, 6.07) is 4.42. The van der Waals surface area contributed by atoms with E-state index in [2.05, 4.69) is 38.2 Å². The van der Waals surface area contributed by atoms with Crippen molar-refractivity contribution in [3.8, 4) is 0 Å². The van der Waals surface area contributed by atoms with E-state index in [4.69, 9.17) is 4.74 Å². The van der Waals surface area contributed by atoms with Crippen LogP contribution in [0.1, 0.15) is 42.0 Å². The lowest BCUT2D eigenvalue weighted by Gasteiger charge is -2.12. The van der Waals surface area contributed by atoms with Crippen LogP contribution in [-0.4, -0.2) is 19.1 Å². The third-order valence-electron chi connectivity index (χ3n) is 3.18. The molecule has 0 radical (unpaired) electrons. The topological polar surface area (TPSA) is 38.3 Å². The van der Waals surface area contributed by atoms with Gasteiger partial charge < -0.3 is 10.1 Å². The molecule has 0 unspecified atom stereocenters. The first-order chi connectivity index (χ1) is 9.04. The minimum atomic E-state index is -0.105. The molecule has 0 bridgehead atoms. The van der Waals surface area contributed by atoms with Gasteiger partial charge in [-0.3, -0.25) is 4.79 Å². The maximum absolute atomic E-state index is 11.2. The summed E-state index contributed by atoms with van der Waals surface area (Å²) in [5.41, 5.74) is 5.33. The van der Waals surface area contributed by atoms with Crippen molar-refractivity contribution in [2.24, 2.45) is 0 Å². The molecule has 0 amide bonds. The number of nitrogens with one attached hydrogen (secondary N) is 1. The first kappa shape index (κ1) is 15.7. The minimum Gasteiger partial charge on any atom is -0.466 e. The molecule has 0 aliphatic heterocycles. The van der Waals surface area contributed by atoms with Gasteiger partial charge in [0.25, 0.3) is 0 Å². The van der Waals surface area contributed by atoms with Crippen LogP contribution in [0.5, 0.6) is 0 Å². The fraction of sp³-hybridized carbons (Fsp3) is 0.562. The van der Waals surface area contributed by atoms with E-state index >= 15 is 0 Å². The van der Waals surface area contributed by atoms with Crippen LogP contribution in [-0.2, 0) is 16.1 Å². The Labute approximate surface area is 116 Å². The predicted octanol–water partition coefficient (Wildman–Crippen LogP) is 3.04. The smallest absolute Gasteiger partial charge is 0.305 e. The molecule has 1 N–H and O–H groups in total. The average Bonchev–Trinajstić information content (AvgIpc) is 2.31. The molecule has 0 heterocycles. The van der Waals surface area contributed by atoms with Gasteiger partial charge in [0.05, 0.1) is 6.61 Å². The molecular formula is C16H25NO2. The summed E-state index contributed by atoms with van der Waals surface area (Å²) < 4.78 is 4.89. The molecule has 0 saturated carbocycles. The van der Waals surface area contributed by atoms with Gasteiger partial charge in [-0.1, -0.05) is 17.7 Å². The highest BCUT2D eigenvalue weighted by Gasteiger charge is 2.04. The highest BCUT2D eigenvalue weighted by molar-refractivity contribution is 5.69. The Morgan fingerprint density at radius 3 is 2.42 bits per heavy atom. The Hall–Kier alpha value is -1.35. The third-order valence-corrected chi connectivity index (χ3v) is 3.18. The van der Waals surface area contributed by atoms with Crippen molar-refractivity contribution in [2.75, 3.05) is 13.2 Å². The van der Waals surface area contributed by atoms with Crippen LogP contribution in [0.2, 0.25) is 0 Å². The third kappa shape index (κ3) is 5.43. The van der Waals surface area contributed by atoms with Crippen molar-refractivity contribution < 1.29 is 9.53 Å². The van der Waals surface area contributed by atoms with Crippen molar-refractivity contribution >= 4 is 5.97 Å². The monoisotopic (exact) mass is 263 g/mol. The zero-order valence-electron chi connectivity index (χ0n) is 12.5. The van der Waals surface area contributed by atoms with Gasteiger partial charge in [-0.05, 0) is 57.4 Å². The van der Waals surface area contributed by atoms with Crippen molar-refractivity contribution in [1.82, 2.24) is 5.32 Å². The van der Waals surface area contributed by atoms with Gasteiger partial charge >= 0.3 is 5.97 Å². The van der Waals surface area contributed by atoms with Crippen molar-refractivity contribution in [1.29, 1.82) is 0 Å². The summed E-state index contributed by atoms with van der Waals surface area (Å²) in [7, 11) is 0. The number of aryl methyl sites for hydroxylation is 3. The molecule has 1 rings (SSSR count). The molecule has 1 aromatic rings. The molecule has 3 heteroatoms. The molecule has 0 aromatic heterocycles. The lowest BCUT2D eigenvalue weighted by Crippen LogP contribution is -2.17. The largest absolute Gasteiger partial charge is 0.466 e. The van der Waals surface area contributed by atoms with E-state index in [9.17, 15) is 4.79 Å². The molecule has 0 saturated heterocycles. The second kappa shape index (κ2) is 7.95. The Morgan fingerprint density at radius 2 is 1.84 bits per heavy atom. The van der Waals surface area contributed by atoms with Gasteiger partial charge in [-0.15, -0.1) is 0 Å². The number of rotatable bonds is 7. The van der Waals surface area contributed by atoms with Crippen molar-refractivity contribution in [2.45, 2.75) is 47.1 Å². The Kier molecular flexibility index (Phi) is 6.57. The summed E-state index contributed by atoms with van der Waals surface area (Å²) in [5.74, 6) is -0.105. The first-order valence-electron chi connectivity index (χ1n) is 6.97. The molecule has 0 aliphatic carbocycles. The van der Waals surface area contributed by atoms with E-state index in [0.717, 1.165) is 19.5 Å². The zero-order valence-corrected chi connectivity index (χ0v) is 12.5. The molecule has 1 aromatic carbocycles. The van der Waals surface area contributed by atoms with E-state index in [1.54, 1.807) is 0 Å². The van der Waals surface area contributed by atoms with Crippen LogP contribution < -0.4 is 5.32 Å². The van der Waals surface area contributed by atoms with Gasteiger partial charge in [0, 0.05) is 13.0 Å². The average molecular weight is 263 g/mol. The number of hydrogen-bond acceptors (Lipinski definition) is 3. The molecular weight excluding hydrogens is 238 g/mol. The number of ether oxygens (including phenoxy) is 1. The van der Waals surface area contributed by atoms with Crippen molar-refractivity contribution in [3.05, 3.63) is 34.4 Å². The molecule has 19 heavy (non-hydrogen) atoms. The standard InChI is InChI=1S/C16H25NO2/c1-5-19-16(18)7-6-8-17-11-15-13(3)9-12(2)10-14(15)4/h9-10,17H,5-8,11H2,1-4H3. The summed E-state index contributed by atoms with van der Waals surface area (Å²) in [6.45, 7) is 10.4. The molecule has 0 fully saturated rings. The highest BCUT2D eigenvalue weighted by atomic mass is 16.5. The van der Waals surface area contributed by atoms with E-state index in [1.165, 1.54) is 22.3 Å². The van der Waals surface area contributed by atoms with Crippen molar-refractivity contribution in [3.63, 3.8) is 0 Å². The van der Waals surface area contributed by atoms with Gasteiger partial charge in [0.2, 0.25) is 0 Å². The van der Waals surface area contributed by atoms with E-state index in [1.807, 2.05) is 6.92 Å². The fourth-order valence-electron chi connectivity index (χ4n) is 2.29. The highest BCUT2D eigenvalue weighted by Crippen LogP contribution is 2.15. The number of hydrogen-bond donors (Lipinski definition) is 1. The number of carbonyl (C=O) groups excluding carboxylic acids is 1. The number of esters is 1. The van der Waals surface area contributed by atoms with Crippen LogP contribution in [0.4, 0.5) is 0 Å². The van der Waals surface area contributed by atoms with Gasteiger partial charge in [-0.2, -0.15) is 0 Å². The van der Waals surface area contributed by atoms with Gasteiger partial charge in [0.15, 0.2) is 0 Å². The zero-order chi connectivity index (χ0) is 14.3. The molecule has 0 aliphatic rings. The van der Waals surface area contributed by atoms with Crippen LogP contribution >= 0.6 is 0 Å². The SMILES string of the molecule is CCOC(=O)CCCNCc1c(C)cc(C)cc1C. The van der Waals surface area contributed by atoms with Gasteiger partial charge in [0.1, 0.15) is 0 Å². The minimum absolute atomic E-state index is 0.105. The maximum atomic E-state index is 11.2. The second-order valence-electron chi connectivity index (χ2n) is 4.96. The van der Waals surface area contributed by atoms with Crippen LogP contribution in [0.3, 0.4) is 0 Å². The quantitative estimate of drug-likeness (QED) is 0.607.